The standard InChI is InChI=1S/C10H15F6O6P/c1-6(17)7(2)8(9(11,12)13,10(14,15)16)22-23(18-3,19-4,20-5)21-7/h1-5H3. The molecule has 0 aromatic heterocycles. The molecule has 0 aromatic rings. The van der Waals surface area contributed by atoms with Crippen LogP contribution in [0, 0.1) is 0 Å². The number of halogens is 6. The number of ketones is 1. The van der Waals surface area contributed by atoms with Crippen LogP contribution in [0.25, 0.3) is 0 Å². The fourth-order valence-corrected chi connectivity index (χ4v) is 4.87. The van der Waals surface area contributed by atoms with Crippen molar-refractivity contribution in [1.82, 2.24) is 0 Å². The van der Waals surface area contributed by atoms with E-state index in [4.69, 9.17) is 4.52 Å². The Bertz CT molecular complexity index is 476. The first kappa shape index (κ1) is 20.5. The van der Waals surface area contributed by atoms with E-state index in [-0.39, 0.29) is 0 Å². The van der Waals surface area contributed by atoms with Crippen molar-refractivity contribution in [3.05, 3.63) is 0 Å². The summed E-state index contributed by atoms with van der Waals surface area (Å²) in [5, 5.41) is 0. The Balaban J connectivity index is 3.91. The zero-order valence-electron chi connectivity index (χ0n) is 12.7. The molecule has 1 saturated heterocycles. The number of hydrogen-bond acceptors (Lipinski definition) is 6. The third-order valence-electron chi connectivity index (χ3n) is 3.65. The minimum atomic E-state index is -6.10. The van der Waals surface area contributed by atoms with E-state index < -0.39 is 37.1 Å². The van der Waals surface area contributed by atoms with E-state index in [1.807, 2.05) is 0 Å². The van der Waals surface area contributed by atoms with Gasteiger partial charge in [-0.1, -0.05) is 0 Å². The molecule has 0 N–H and O–H groups in total. The van der Waals surface area contributed by atoms with Gasteiger partial charge in [-0.25, -0.2) is 0 Å². The molecule has 1 rings (SSSR count). The van der Waals surface area contributed by atoms with Gasteiger partial charge in [0.25, 0.3) is 0 Å². The second-order valence-electron chi connectivity index (χ2n) is 4.74. The molecule has 0 bridgehead atoms. The molecule has 1 atom stereocenters. The fourth-order valence-electron chi connectivity index (χ4n) is 2.26. The van der Waals surface area contributed by atoms with Gasteiger partial charge in [0, 0.05) is 0 Å². The molecule has 0 saturated carbocycles. The second kappa shape index (κ2) is 5.24. The van der Waals surface area contributed by atoms with Gasteiger partial charge in [-0.3, -0.25) is 0 Å². The first-order valence-corrected chi connectivity index (χ1v) is 7.71. The monoisotopic (exact) mass is 376 g/mol. The van der Waals surface area contributed by atoms with Gasteiger partial charge >= 0.3 is 126 Å². The average molecular weight is 376 g/mol. The number of hydrogen-bond donors (Lipinski definition) is 0. The number of alkyl halides is 6. The molecule has 1 fully saturated rings. The van der Waals surface area contributed by atoms with E-state index >= 15 is 0 Å². The van der Waals surface area contributed by atoms with Crippen LogP contribution in [0.4, 0.5) is 26.3 Å². The molecule has 1 heterocycles. The number of carbonyl (C=O) groups excluding carboxylic acids is 1. The predicted molar refractivity (Wildman–Crippen MR) is 64.0 cm³/mol. The number of carbonyl (C=O) groups is 1. The van der Waals surface area contributed by atoms with Crippen molar-refractivity contribution in [2.75, 3.05) is 21.3 Å². The van der Waals surface area contributed by atoms with Crippen LogP contribution in [0.2, 0.25) is 0 Å². The van der Waals surface area contributed by atoms with Gasteiger partial charge in [0.2, 0.25) is 0 Å². The van der Waals surface area contributed by atoms with Crippen LogP contribution in [0.15, 0.2) is 0 Å². The third-order valence-corrected chi connectivity index (χ3v) is 6.68. The predicted octanol–water partition coefficient (Wildman–Crippen LogP) is 3.31. The van der Waals surface area contributed by atoms with Gasteiger partial charge in [0.15, 0.2) is 0 Å². The number of rotatable bonds is 4. The van der Waals surface area contributed by atoms with Crippen molar-refractivity contribution in [3.63, 3.8) is 0 Å². The first-order chi connectivity index (χ1) is 10.1. The molecule has 0 aliphatic carbocycles. The quantitative estimate of drug-likeness (QED) is 0.554. The van der Waals surface area contributed by atoms with Crippen LogP contribution in [0.5, 0.6) is 0 Å². The Hall–Kier alpha value is -0.520. The Labute approximate surface area is 127 Å². The van der Waals surface area contributed by atoms with E-state index in [1.54, 1.807) is 0 Å². The normalized spacial score (nSPS) is 31.3. The Morgan fingerprint density at radius 2 is 1.26 bits per heavy atom. The van der Waals surface area contributed by atoms with Crippen LogP contribution in [-0.2, 0) is 27.4 Å². The number of Topliss-reactive ketones (excluding diaryl/α,β-unsaturated/α-hetero) is 1. The summed E-state index contributed by atoms with van der Waals surface area (Å²) in [5.74, 6) is -1.61. The summed E-state index contributed by atoms with van der Waals surface area (Å²) >= 11 is 0. The summed E-state index contributed by atoms with van der Waals surface area (Å²) in [6, 6.07) is 0. The SMILES string of the molecule is COP1(OC)(OC)OC(C)(C(C)=O)C(C(F)(F)F)(C(F)(F)F)O1. The van der Waals surface area contributed by atoms with Gasteiger partial charge in [-0.15, -0.1) is 0 Å². The van der Waals surface area contributed by atoms with Crippen LogP contribution in [0.1, 0.15) is 13.8 Å². The summed E-state index contributed by atoms with van der Waals surface area (Å²) in [6.45, 7) is 0.787. The van der Waals surface area contributed by atoms with Crippen molar-refractivity contribution in [2.24, 2.45) is 0 Å². The zero-order chi connectivity index (χ0) is 18.6. The van der Waals surface area contributed by atoms with Crippen molar-refractivity contribution in [1.29, 1.82) is 0 Å². The molecule has 6 nitrogen and oxygen atoms in total. The van der Waals surface area contributed by atoms with Crippen molar-refractivity contribution in [3.8, 4) is 0 Å². The molecule has 1 aliphatic heterocycles. The maximum atomic E-state index is 13.5. The maximum absolute atomic E-state index is 13.5. The molecule has 0 spiro atoms. The summed E-state index contributed by atoms with van der Waals surface area (Å²) in [6.07, 6.45) is -12.2. The van der Waals surface area contributed by atoms with E-state index in [0.717, 1.165) is 0 Å². The van der Waals surface area contributed by atoms with Crippen LogP contribution in [0.3, 0.4) is 0 Å². The second-order valence-corrected chi connectivity index (χ2v) is 7.69. The Morgan fingerprint density at radius 1 is 0.913 bits per heavy atom. The molecule has 1 aliphatic rings. The van der Waals surface area contributed by atoms with E-state index in [2.05, 4.69) is 18.1 Å². The van der Waals surface area contributed by atoms with Crippen LogP contribution >= 0.6 is 7.74 Å². The van der Waals surface area contributed by atoms with Crippen molar-refractivity contribution in [2.45, 2.75) is 37.4 Å². The molecule has 0 amide bonds. The molecule has 0 aromatic carbocycles. The van der Waals surface area contributed by atoms with Gasteiger partial charge in [-0.05, 0) is 0 Å². The average Bonchev–Trinajstić information content (AvgIpc) is 2.69. The van der Waals surface area contributed by atoms with E-state index in [0.29, 0.717) is 35.2 Å². The van der Waals surface area contributed by atoms with E-state index in [9.17, 15) is 31.1 Å². The Morgan fingerprint density at radius 3 is 1.43 bits per heavy atom. The fraction of sp³-hybridized carbons (Fsp3) is 0.900. The van der Waals surface area contributed by atoms with Crippen molar-refractivity contribution < 1.29 is 53.8 Å². The zero-order valence-corrected chi connectivity index (χ0v) is 13.6. The molecular weight excluding hydrogens is 361 g/mol. The van der Waals surface area contributed by atoms with Crippen LogP contribution < -0.4 is 0 Å². The summed E-state index contributed by atoms with van der Waals surface area (Å²) in [4.78, 5) is 11.7. The van der Waals surface area contributed by atoms with Gasteiger partial charge in [0.1, 0.15) is 0 Å². The molecule has 138 valence electrons. The summed E-state index contributed by atoms with van der Waals surface area (Å²) in [5.41, 5.74) is -8.60. The Kier molecular flexibility index (Phi) is 4.67. The summed E-state index contributed by atoms with van der Waals surface area (Å²) in [7, 11) is -3.79. The van der Waals surface area contributed by atoms with Crippen LogP contribution in [-0.4, -0.2) is 50.7 Å². The molecule has 23 heavy (non-hydrogen) atoms. The third kappa shape index (κ3) is 2.38. The minimum absolute atomic E-state index is 0.293. The molecule has 1 unspecified atom stereocenters. The van der Waals surface area contributed by atoms with Gasteiger partial charge < -0.3 is 0 Å². The first-order valence-electron chi connectivity index (χ1n) is 5.88. The molecular formula is C10H15F6O6P. The van der Waals surface area contributed by atoms with E-state index in [1.165, 1.54) is 0 Å². The molecule has 0 radical (unpaired) electrons. The van der Waals surface area contributed by atoms with Gasteiger partial charge in [0.05, 0.1) is 0 Å². The van der Waals surface area contributed by atoms with Gasteiger partial charge in [-0.2, -0.15) is 0 Å². The van der Waals surface area contributed by atoms with Crippen molar-refractivity contribution >= 4 is 13.5 Å². The topological polar surface area (TPSA) is 63.2 Å². The summed E-state index contributed by atoms with van der Waals surface area (Å²) < 4.78 is 104. The molecule has 13 heteroatoms.